The van der Waals surface area contributed by atoms with Crippen LogP contribution in [0.5, 0.6) is 5.88 Å². The van der Waals surface area contributed by atoms with Crippen LogP contribution in [-0.4, -0.2) is 79.0 Å². The molecule has 4 atom stereocenters. The van der Waals surface area contributed by atoms with Crippen LogP contribution in [0.1, 0.15) is 5.56 Å². The molecule has 3 aromatic rings. The molecule has 0 radical (unpaired) electrons. The third kappa shape index (κ3) is 4.07. The average molecular weight is 509 g/mol. The second-order valence-corrected chi connectivity index (χ2v) is 9.01. The summed E-state index contributed by atoms with van der Waals surface area (Å²) in [4.78, 5) is 8.74. The number of ether oxygens (including phenoxy) is 4. The Bertz CT molecular complexity index is 1260. The van der Waals surface area contributed by atoms with E-state index in [1.807, 2.05) is 0 Å². The highest BCUT2D eigenvalue weighted by Crippen LogP contribution is 2.40. The van der Waals surface area contributed by atoms with Crippen molar-refractivity contribution in [3.05, 3.63) is 41.7 Å². The Hall–Kier alpha value is -2.93. The lowest BCUT2D eigenvalue weighted by molar-refractivity contribution is -0.137. The number of aliphatic hydroxyl groups is 1. The molecule has 0 bridgehead atoms. The number of H-pyrrole nitrogens is 1. The number of anilines is 1. The van der Waals surface area contributed by atoms with E-state index >= 15 is 4.39 Å². The van der Waals surface area contributed by atoms with Gasteiger partial charge in [0.1, 0.15) is 23.8 Å². The van der Waals surface area contributed by atoms with Crippen LogP contribution in [0.15, 0.2) is 30.3 Å². The molecule has 0 saturated carbocycles. The molecule has 2 unspecified atom stereocenters. The van der Waals surface area contributed by atoms with Crippen molar-refractivity contribution in [1.82, 2.24) is 9.97 Å². The Morgan fingerprint density at radius 3 is 2.50 bits per heavy atom. The van der Waals surface area contributed by atoms with Crippen molar-refractivity contribution in [2.75, 3.05) is 44.4 Å². The average Bonchev–Trinajstić information content (AvgIpc) is 3.54. The quantitative estimate of drug-likeness (QED) is 0.523. The number of aromatic amines is 1. The molecule has 3 fully saturated rings. The second-order valence-electron chi connectivity index (χ2n) is 9.01. The fourth-order valence-corrected chi connectivity index (χ4v) is 4.93. The van der Waals surface area contributed by atoms with Crippen molar-refractivity contribution in [2.45, 2.75) is 30.6 Å². The SMILES string of the molecule is O[C@@H]1COC2C1OC[C@H]2Oc1[nH]c2cc(C(F)(F)F)c(-c3ccc(N4CCOCC4)cc3)nc2c1F. The van der Waals surface area contributed by atoms with Gasteiger partial charge in [0.25, 0.3) is 0 Å². The van der Waals surface area contributed by atoms with Crippen molar-refractivity contribution in [2.24, 2.45) is 0 Å². The van der Waals surface area contributed by atoms with Gasteiger partial charge in [0.2, 0.25) is 11.7 Å². The van der Waals surface area contributed by atoms with E-state index in [9.17, 15) is 18.3 Å². The molecule has 2 N–H and O–H groups in total. The van der Waals surface area contributed by atoms with Crippen LogP contribution in [-0.2, 0) is 20.4 Å². The minimum Gasteiger partial charge on any atom is -0.468 e. The Kier molecular flexibility index (Phi) is 5.78. The number of nitrogens with zero attached hydrogens (tertiary/aromatic N) is 2. The van der Waals surface area contributed by atoms with Gasteiger partial charge in [0.05, 0.1) is 43.2 Å². The van der Waals surface area contributed by atoms with Crippen molar-refractivity contribution >= 4 is 16.7 Å². The van der Waals surface area contributed by atoms with Gasteiger partial charge in [-0.25, -0.2) is 4.98 Å². The van der Waals surface area contributed by atoms with Crippen molar-refractivity contribution in [3.63, 3.8) is 0 Å². The first-order valence-corrected chi connectivity index (χ1v) is 11.6. The summed E-state index contributed by atoms with van der Waals surface area (Å²) in [6, 6.07) is 7.39. The van der Waals surface area contributed by atoms with Gasteiger partial charge >= 0.3 is 6.18 Å². The molecule has 3 saturated heterocycles. The summed E-state index contributed by atoms with van der Waals surface area (Å²) in [5.41, 5.74) is -0.714. The minimum atomic E-state index is -4.72. The highest BCUT2D eigenvalue weighted by Gasteiger charge is 2.49. The molecule has 12 heteroatoms. The number of fused-ring (bicyclic) bond motifs is 2. The zero-order valence-electron chi connectivity index (χ0n) is 18.9. The van der Waals surface area contributed by atoms with Crippen LogP contribution in [0.2, 0.25) is 0 Å². The lowest BCUT2D eigenvalue weighted by Gasteiger charge is -2.29. The number of pyridine rings is 1. The Morgan fingerprint density at radius 1 is 1.06 bits per heavy atom. The van der Waals surface area contributed by atoms with Crippen LogP contribution in [0.25, 0.3) is 22.3 Å². The first kappa shape index (κ1) is 23.5. The Balaban J connectivity index is 1.34. The second kappa shape index (κ2) is 8.87. The number of morpholine rings is 1. The predicted octanol–water partition coefficient (Wildman–Crippen LogP) is 3.13. The highest BCUT2D eigenvalue weighted by atomic mass is 19.4. The third-order valence-electron chi connectivity index (χ3n) is 6.75. The zero-order chi connectivity index (χ0) is 25.0. The molecule has 1 aromatic carbocycles. The van der Waals surface area contributed by atoms with E-state index in [0.717, 1.165) is 11.8 Å². The number of aromatic nitrogens is 2. The van der Waals surface area contributed by atoms with Gasteiger partial charge in [-0.15, -0.1) is 0 Å². The Labute approximate surface area is 202 Å². The van der Waals surface area contributed by atoms with Crippen LogP contribution in [0.3, 0.4) is 0 Å². The van der Waals surface area contributed by atoms with Gasteiger partial charge < -0.3 is 33.9 Å². The van der Waals surface area contributed by atoms with Gasteiger partial charge in [0, 0.05) is 24.3 Å². The van der Waals surface area contributed by atoms with Crippen molar-refractivity contribution < 1.29 is 41.6 Å². The normalized spacial score (nSPS) is 26.5. The van der Waals surface area contributed by atoms with Gasteiger partial charge in [-0.2, -0.15) is 17.6 Å². The molecule has 192 valence electrons. The van der Waals surface area contributed by atoms with Gasteiger partial charge in [-0.1, -0.05) is 12.1 Å². The number of hydrogen-bond donors (Lipinski definition) is 2. The molecule has 8 nitrogen and oxygen atoms in total. The number of benzene rings is 1. The molecular formula is C24H23F4N3O5. The summed E-state index contributed by atoms with van der Waals surface area (Å²) in [6.45, 7) is 2.64. The van der Waals surface area contributed by atoms with E-state index in [4.69, 9.17) is 18.9 Å². The summed E-state index contributed by atoms with van der Waals surface area (Å²) >= 11 is 0. The highest BCUT2D eigenvalue weighted by molar-refractivity contribution is 5.83. The zero-order valence-corrected chi connectivity index (χ0v) is 18.9. The van der Waals surface area contributed by atoms with Gasteiger partial charge in [0.15, 0.2) is 6.10 Å². The topological polar surface area (TPSA) is 89.1 Å². The van der Waals surface area contributed by atoms with E-state index in [1.54, 1.807) is 24.3 Å². The van der Waals surface area contributed by atoms with E-state index in [-0.39, 0.29) is 41.4 Å². The van der Waals surface area contributed by atoms with Crippen molar-refractivity contribution in [3.8, 4) is 17.1 Å². The largest absolute Gasteiger partial charge is 0.468 e. The lowest BCUT2D eigenvalue weighted by Crippen LogP contribution is -2.36. The van der Waals surface area contributed by atoms with E-state index in [2.05, 4.69) is 14.9 Å². The maximum Gasteiger partial charge on any atom is 0.418 e. The fourth-order valence-electron chi connectivity index (χ4n) is 4.93. The molecular weight excluding hydrogens is 486 g/mol. The number of halogens is 4. The molecule has 2 aromatic heterocycles. The minimum absolute atomic E-state index is 0.0448. The monoisotopic (exact) mass is 509 g/mol. The van der Waals surface area contributed by atoms with Crippen LogP contribution in [0, 0.1) is 5.82 Å². The maximum atomic E-state index is 15.3. The van der Waals surface area contributed by atoms with Crippen LogP contribution in [0.4, 0.5) is 23.2 Å². The number of nitrogens with one attached hydrogen (secondary N) is 1. The first-order valence-electron chi connectivity index (χ1n) is 11.6. The molecule has 0 aliphatic carbocycles. The molecule has 0 amide bonds. The molecule has 6 rings (SSSR count). The molecule has 0 spiro atoms. The first-order chi connectivity index (χ1) is 17.3. The van der Waals surface area contributed by atoms with E-state index < -0.39 is 42.0 Å². The molecule has 5 heterocycles. The maximum absolute atomic E-state index is 15.3. The molecule has 3 aliphatic heterocycles. The number of hydrogen-bond acceptors (Lipinski definition) is 7. The number of rotatable bonds is 4. The Morgan fingerprint density at radius 2 is 1.78 bits per heavy atom. The van der Waals surface area contributed by atoms with Crippen molar-refractivity contribution in [1.29, 1.82) is 0 Å². The van der Waals surface area contributed by atoms with Crippen LogP contribution >= 0.6 is 0 Å². The summed E-state index contributed by atoms with van der Waals surface area (Å²) in [6.07, 6.45) is -7.47. The van der Waals surface area contributed by atoms with E-state index in [0.29, 0.717) is 26.3 Å². The van der Waals surface area contributed by atoms with Gasteiger partial charge in [-0.05, 0) is 18.2 Å². The standard InChI is InChI=1S/C24H23F4N3O5/c25-18-20-15(29-23(18)36-17-11-35-21-16(32)10-34-22(17)21)9-14(24(26,27)28)19(30-20)12-1-3-13(4-2-12)31-5-7-33-8-6-31/h1-4,9,16-17,21-22,29,32H,5-8,10-11H2/t16-,17-,21?,22?/m1/s1. The summed E-state index contributed by atoms with van der Waals surface area (Å²) in [5, 5.41) is 9.88. The molecule has 3 aliphatic rings. The number of alkyl halides is 3. The molecule has 36 heavy (non-hydrogen) atoms. The fraction of sp³-hybridized carbons (Fsp3) is 0.458. The lowest BCUT2D eigenvalue weighted by atomic mass is 10.0. The predicted molar refractivity (Wildman–Crippen MR) is 119 cm³/mol. The van der Waals surface area contributed by atoms with Crippen LogP contribution < -0.4 is 9.64 Å². The van der Waals surface area contributed by atoms with Gasteiger partial charge in [-0.3, -0.25) is 0 Å². The summed E-state index contributed by atoms with van der Waals surface area (Å²) in [5.74, 6) is -1.27. The summed E-state index contributed by atoms with van der Waals surface area (Å²) in [7, 11) is 0. The van der Waals surface area contributed by atoms with E-state index in [1.165, 1.54) is 0 Å². The third-order valence-corrected chi connectivity index (χ3v) is 6.75. The summed E-state index contributed by atoms with van der Waals surface area (Å²) < 4.78 is 79.2. The number of aliphatic hydroxyl groups excluding tert-OH is 1. The smallest absolute Gasteiger partial charge is 0.418 e.